The molecule has 0 spiro atoms. The van der Waals surface area contributed by atoms with Gasteiger partial charge in [-0.1, -0.05) is 0 Å². The number of hydrogen-bond donors (Lipinski definition) is 1. The van der Waals surface area contributed by atoms with Crippen LogP contribution in [0.15, 0.2) is 18.2 Å². The van der Waals surface area contributed by atoms with Crippen molar-refractivity contribution in [2.45, 2.75) is 19.3 Å². The van der Waals surface area contributed by atoms with Gasteiger partial charge in [-0.25, -0.2) is 8.78 Å². The number of benzene rings is 1. The zero-order chi connectivity index (χ0) is 13.0. The van der Waals surface area contributed by atoms with E-state index in [0.29, 0.717) is 18.0 Å². The summed E-state index contributed by atoms with van der Waals surface area (Å²) < 4.78 is 25.7. The molecule has 0 aliphatic carbocycles. The molecule has 1 N–H and O–H groups in total. The van der Waals surface area contributed by atoms with Gasteiger partial charge < -0.3 is 5.32 Å². The monoisotopic (exact) mass is 271 g/mol. The molecule has 0 saturated carbocycles. The lowest BCUT2D eigenvalue weighted by molar-refractivity contribution is -0.117. The van der Waals surface area contributed by atoms with Crippen LogP contribution in [-0.2, 0) is 4.79 Å². The van der Waals surface area contributed by atoms with Gasteiger partial charge in [0, 0.05) is 18.2 Å². The van der Waals surface area contributed by atoms with Crippen molar-refractivity contribution in [1.82, 2.24) is 0 Å². The molecule has 1 aliphatic rings. The number of carbonyl (C=O) groups is 1. The Morgan fingerprint density at radius 3 is 2.67 bits per heavy atom. The fourth-order valence-electron chi connectivity index (χ4n) is 2.00. The zero-order valence-corrected chi connectivity index (χ0v) is 10.7. The molecule has 0 radical (unpaired) electrons. The third kappa shape index (κ3) is 3.70. The molecule has 0 aromatic heterocycles. The average Bonchev–Trinajstić information content (AvgIpc) is 2.35. The summed E-state index contributed by atoms with van der Waals surface area (Å²) in [5.41, 5.74) is 0.309. The molecule has 2 nitrogen and oxygen atoms in total. The quantitative estimate of drug-likeness (QED) is 0.912. The van der Waals surface area contributed by atoms with Crippen LogP contribution < -0.4 is 5.32 Å². The summed E-state index contributed by atoms with van der Waals surface area (Å²) in [6.45, 7) is 0. The molecular weight excluding hydrogens is 256 g/mol. The van der Waals surface area contributed by atoms with Crippen LogP contribution in [0.5, 0.6) is 0 Å². The fourth-order valence-corrected chi connectivity index (χ4v) is 3.20. The predicted octanol–water partition coefficient (Wildman–Crippen LogP) is 3.44. The van der Waals surface area contributed by atoms with Crippen molar-refractivity contribution in [1.29, 1.82) is 0 Å². The summed E-state index contributed by atoms with van der Waals surface area (Å²) in [5.74, 6) is 0.639. The van der Waals surface area contributed by atoms with Crippen LogP contribution in [0.1, 0.15) is 19.3 Å². The first kappa shape index (κ1) is 13.3. The fraction of sp³-hybridized carbons (Fsp3) is 0.462. The summed E-state index contributed by atoms with van der Waals surface area (Å²) in [5, 5.41) is 2.60. The Bertz CT molecular complexity index is 433. The topological polar surface area (TPSA) is 29.1 Å². The van der Waals surface area contributed by atoms with Crippen molar-refractivity contribution in [3.63, 3.8) is 0 Å². The maximum absolute atomic E-state index is 13.0. The lowest BCUT2D eigenvalue weighted by atomic mass is 9.98. The second-order valence-electron chi connectivity index (χ2n) is 4.44. The van der Waals surface area contributed by atoms with Crippen molar-refractivity contribution in [2.75, 3.05) is 16.8 Å². The average molecular weight is 271 g/mol. The van der Waals surface area contributed by atoms with Crippen LogP contribution in [0.2, 0.25) is 0 Å². The number of carbonyl (C=O) groups excluding carboxylic acids is 1. The van der Waals surface area contributed by atoms with Crippen LogP contribution in [0, 0.1) is 17.6 Å². The van der Waals surface area contributed by atoms with Crippen molar-refractivity contribution >= 4 is 23.4 Å². The van der Waals surface area contributed by atoms with E-state index < -0.39 is 11.6 Å². The highest BCUT2D eigenvalue weighted by Crippen LogP contribution is 2.25. The van der Waals surface area contributed by atoms with E-state index in [2.05, 4.69) is 5.32 Å². The molecule has 1 aromatic rings. The molecule has 0 unspecified atom stereocenters. The Morgan fingerprint density at radius 1 is 1.28 bits per heavy atom. The Hall–Kier alpha value is -1.10. The molecule has 1 amide bonds. The SMILES string of the molecule is O=C(CC1CCSCC1)Nc1ccc(F)c(F)c1. The Morgan fingerprint density at radius 2 is 2.00 bits per heavy atom. The molecule has 1 aromatic carbocycles. The van der Waals surface area contributed by atoms with Gasteiger partial charge in [-0.15, -0.1) is 0 Å². The summed E-state index contributed by atoms with van der Waals surface area (Å²) in [6.07, 6.45) is 2.56. The zero-order valence-electron chi connectivity index (χ0n) is 9.92. The Labute approximate surface area is 109 Å². The maximum atomic E-state index is 13.0. The number of hydrogen-bond acceptors (Lipinski definition) is 2. The van der Waals surface area contributed by atoms with E-state index in [-0.39, 0.29) is 5.91 Å². The summed E-state index contributed by atoms with van der Waals surface area (Å²) in [6, 6.07) is 3.39. The minimum absolute atomic E-state index is 0.127. The number of halogens is 2. The van der Waals surface area contributed by atoms with Gasteiger partial charge in [0.2, 0.25) is 5.91 Å². The standard InChI is InChI=1S/C13H15F2NOS/c14-11-2-1-10(8-12(11)15)16-13(17)7-9-3-5-18-6-4-9/h1-2,8-9H,3-7H2,(H,16,17). The number of amides is 1. The minimum atomic E-state index is -0.943. The van der Waals surface area contributed by atoms with Crippen LogP contribution >= 0.6 is 11.8 Å². The second-order valence-corrected chi connectivity index (χ2v) is 5.66. The van der Waals surface area contributed by atoms with Gasteiger partial charge in [0.15, 0.2) is 11.6 Å². The molecule has 2 rings (SSSR count). The largest absolute Gasteiger partial charge is 0.326 e. The van der Waals surface area contributed by atoms with E-state index in [9.17, 15) is 13.6 Å². The first-order valence-corrected chi connectivity index (χ1v) is 7.13. The summed E-state index contributed by atoms with van der Waals surface area (Å²) in [4.78, 5) is 11.7. The molecule has 1 heterocycles. The molecule has 1 saturated heterocycles. The second kappa shape index (κ2) is 6.18. The van der Waals surface area contributed by atoms with Gasteiger partial charge in [-0.3, -0.25) is 4.79 Å². The highest BCUT2D eigenvalue weighted by Gasteiger charge is 2.17. The molecule has 18 heavy (non-hydrogen) atoms. The van der Waals surface area contributed by atoms with E-state index in [1.807, 2.05) is 11.8 Å². The van der Waals surface area contributed by atoms with E-state index in [4.69, 9.17) is 0 Å². The Kier molecular flexibility index (Phi) is 4.58. The Balaban J connectivity index is 1.88. The highest BCUT2D eigenvalue weighted by atomic mass is 32.2. The lowest BCUT2D eigenvalue weighted by Gasteiger charge is -2.20. The third-order valence-corrected chi connectivity index (χ3v) is 4.07. The van der Waals surface area contributed by atoms with Gasteiger partial charge in [0.25, 0.3) is 0 Å². The van der Waals surface area contributed by atoms with Crippen LogP contribution in [0.4, 0.5) is 14.5 Å². The van der Waals surface area contributed by atoms with E-state index in [1.54, 1.807) is 0 Å². The predicted molar refractivity (Wildman–Crippen MR) is 69.7 cm³/mol. The molecule has 5 heteroatoms. The van der Waals surface area contributed by atoms with Crippen molar-refractivity contribution in [2.24, 2.45) is 5.92 Å². The van der Waals surface area contributed by atoms with Crippen molar-refractivity contribution in [3.05, 3.63) is 29.8 Å². The van der Waals surface area contributed by atoms with Crippen molar-refractivity contribution < 1.29 is 13.6 Å². The van der Waals surface area contributed by atoms with Gasteiger partial charge in [0.1, 0.15) is 0 Å². The summed E-state index contributed by atoms with van der Waals surface area (Å²) in [7, 11) is 0. The first-order valence-electron chi connectivity index (χ1n) is 5.98. The lowest BCUT2D eigenvalue weighted by Crippen LogP contribution is -2.19. The molecule has 1 fully saturated rings. The molecule has 0 bridgehead atoms. The van der Waals surface area contributed by atoms with Crippen molar-refractivity contribution in [3.8, 4) is 0 Å². The molecular formula is C13H15F2NOS. The third-order valence-electron chi connectivity index (χ3n) is 3.02. The van der Waals surface area contributed by atoms with Crippen LogP contribution in [-0.4, -0.2) is 17.4 Å². The van der Waals surface area contributed by atoms with E-state index >= 15 is 0 Å². The van der Waals surface area contributed by atoms with Gasteiger partial charge >= 0.3 is 0 Å². The normalized spacial score (nSPS) is 16.6. The molecule has 1 aliphatic heterocycles. The maximum Gasteiger partial charge on any atom is 0.224 e. The van der Waals surface area contributed by atoms with Crippen LogP contribution in [0.25, 0.3) is 0 Å². The summed E-state index contributed by atoms with van der Waals surface area (Å²) >= 11 is 1.91. The highest BCUT2D eigenvalue weighted by molar-refractivity contribution is 7.99. The number of thioether (sulfide) groups is 1. The van der Waals surface area contributed by atoms with E-state index in [0.717, 1.165) is 36.5 Å². The van der Waals surface area contributed by atoms with Gasteiger partial charge in [-0.2, -0.15) is 11.8 Å². The van der Waals surface area contributed by atoms with E-state index in [1.165, 1.54) is 6.07 Å². The smallest absolute Gasteiger partial charge is 0.224 e. The van der Waals surface area contributed by atoms with Crippen LogP contribution in [0.3, 0.4) is 0 Å². The van der Waals surface area contributed by atoms with Gasteiger partial charge in [-0.05, 0) is 42.4 Å². The number of rotatable bonds is 3. The van der Waals surface area contributed by atoms with Gasteiger partial charge in [0.05, 0.1) is 0 Å². The molecule has 98 valence electrons. The first-order chi connectivity index (χ1) is 8.65. The number of nitrogens with one attached hydrogen (secondary N) is 1. The molecule has 0 atom stereocenters. The number of anilines is 1. The minimum Gasteiger partial charge on any atom is -0.326 e.